The molecular formula is C18H19N3O5S. The Bertz CT molecular complexity index is 1050. The number of aryl methyl sites for hydroxylation is 2. The van der Waals surface area contributed by atoms with Crippen molar-refractivity contribution in [3.8, 4) is 11.3 Å². The summed E-state index contributed by atoms with van der Waals surface area (Å²) in [5, 5.41) is 6.46. The SMILES string of the molecule is CC(=O)Nc1ccc(S(=O)(=O)NCc2ccc(-c3c(C)noc3C)o2)cc1. The van der Waals surface area contributed by atoms with Crippen molar-refractivity contribution in [2.24, 2.45) is 0 Å². The number of furan rings is 1. The predicted octanol–water partition coefficient (Wildman–Crippen LogP) is 2.99. The van der Waals surface area contributed by atoms with E-state index in [0.717, 1.165) is 5.56 Å². The van der Waals surface area contributed by atoms with Gasteiger partial charge in [0, 0.05) is 12.6 Å². The van der Waals surface area contributed by atoms with Crippen LogP contribution in [-0.2, 0) is 21.4 Å². The number of hydrogen-bond donors (Lipinski definition) is 2. The summed E-state index contributed by atoms with van der Waals surface area (Å²) in [5.41, 5.74) is 1.99. The van der Waals surface area contributed by atoms with Crippen LogP contribution in [0.25, 0.3) is 11.3 Å². The molecule has 0 aliphatic rings. The van der Waals surface area contributed by atoms with Gasteiger partial charge in [0.15, 0.2) is 0 Å². The average Bonchev–Trinajstić information content (AvgIpc) is 3.19. The Labute approximate surface area is 156 Å². The van der Waals surface area contributed by atoms with E-state index in [1.807, 2.05) is 0 Å². The van der Waals surface area contributed by atoms with E-state index in [1.165, 1.54) is 31.2 Å². The molecule has 0 spiro atoms. The van der Waals surface area contributed by atoms with E-state index in [0.29, 0.717) is 28.7 Å². The molecule has 2 aromatic heterocycles. The zero-order valence-electron chi connectivity index (χ0n) is 15.1. The van der Waals surface area contributed by atoms with Gasteiger partial charge in [-0.25, -0.2) is 13.1 Å². The number of amides is 1. The maximum Gasteiger partial charge on any atom is 0.240 e. The Balaban J connectivity index is 1.70. The van der Waals surface area contributed by atoms with Crippen molar-refractivity contribution < 1.29 is 22.2 Å². The minimum atomic E-state index is -3.72. The molecule has 0 aliphatic heterocycles. The minimum absolute atomic E-state index is 0.000837. The first-order chi connectivity index (χ1) is 12.8. The van der Waals surface area contributed by atoms with Gasteiger partial charge in [-0.05, 0) is 50.2 Å². The molecule has 3 aromatic rings. The molecule has 0 unspecified atom stereocenters. The van der Waals surface area contributed by atoms with Gasteiger partial charge in [-0.1, -0.05) is 5.16 Å². The smallest absolute Gasteiger partial charge is 0.240 e. The lowest BCUT2D eigenvalue weighted by Crippen LogP contribution is -2.23. The Morgan fingerprint density at radius 1 is 1.11 bits per heavy atom. The Hall–Kier alpha value is -2.91. The number of aromatic nitrogens is 1. The summed E-state index contributed by atoms with van der Waals surface area (Å²) in [5.74, 6) is 1.44. The lowest BCUT2D eigenvalue weighted by molar-refractivity contribution is -0.114. The molecule has 2 heterocycles. The highest BCUT2D eigenvalue weighted by atomic mass is 32.2. The van der Waals surface area contributed by atoms with E-state index >= 15 is 0 Å². The molecular weight excluding hydrogens is 370 g/mol. The summed E-state index contributed by atoms with van der Waals surface area (Å²) in [6.45, 7) is 4.97. The third kappa shape index (κ3) is 4.26. The van der Waals surface area contributed by atoms with Crippen molar-refractivity contribution in [1.82, 2.24) is 9.88 Å². The summed E-state index contributed by atoms with van der Waals surface area (Å²) in [6.07, 6.45) is 0. The number of sulfonamides is 1. The number of carbonyl (C=O) groups is 1. The van der Waals surface area contributed by atoms with Gasteiger partial charge in [0.25, 0.3) is 0 Å². The highest BCUT2D eigenvalue weighted by molar-refractivity contribution is 7.89. The number of nitrogens with zero attached hydrogens (tertiary/aromatic N) is 1. The van der Waals surface area contributed by atoms with Crippen LogP contribution in [0.4, 0.5) is 5.69 Å². The van der Waals surface area contributed by atoms with Crippen LogP contribution in [-0.4, -0.2) is 19.5 Å². The van der Waals surface area contributed by atoms with Crippen LogP contribution in [0.15, 0.2) is 50.2 Å². The number of anilines is 1. The normalized spacial score (nSPS) is 11.5. The molecule has 0 bridgehead atoms. The van der Waals surface area contributed by atoms with E-state index < -0.39 is 10.0 Å². The molecule has 3 rings (SSSR count). The standard InChI is InChI=1S/C18H19N3O5S/c1-11-18(12(2)26-21-11)17-9-6-15(25-17)10-19-27(23,24)16-7-4-14(5-8-16)20-13(3)22/h4-9,19H,10H2,1-3H3,(H,20,22). The monoisotopic (exact) mass is 389 g/mol. The maximum atomic E-state index is 12.4. The Morgan fingerprint density at radius 3 is 2.41 bits per heavy atom. The van der Waals surface area contributed by atoms with Gasteiger partial charge in [-0.15, -0.1) is 0 Å². The van der Waals surface area contributed by atoms with Crippen molar-refractivity contribution in [2.45, 2.75) is 32.2 Å². The number of hydrogen-bond acceptors (Lipinski definition) is 6. The van der Waals surface area contributed by atoms with Crippen LogP contribution in [0.1, 0.15) is 24.1 Å². The fraction of sp³-hybridized carbons (Fsp3) is 0.222. The number of benzene rings is 1. The number of carbonyl (C=O) groups excluding carboxylic acids is 1. The molecule has 1 aromatic carbocycles. The fourth-order valence-corrected chi connectivity index (χ4v) is 3.61. The van der Waals surface area contributed by atoms with Crippen molar-refractivity contribution in [1.29, 1.82) is 0 Å². The molecule has 0 fully saturated rings. The second kappa shape index (κ2) is 7.37. The van der Waals surface area contributed by atoms with Gasteiger partial charge >= 0.3 is 0 Å². The van der Waals surface area contributed by atoms with Crippen LogP contribution in [0.5, 0.6) is 0 Å². The summed E-state index contributed by atoms with van der Waals surface area (Å²) in [7, 11) is -3.72. The van der Waals surface area contributed by atoms with E-state index in [4.69, 9.17) is 8.94 Å². The van der Waals surface area contributed by atoms with Gasteiger partial charge in [-0.2, -0.15) is 0 Å². The summed E-state index contributed by atoms with van der Waals surface area (Å²) in [4.78, 5) is 11.1. The minimum Gasteiger partial charge on any atom is -0.459 e. The second-order valence-electron chi connectivity index (χ2n) is 6.00. The lowest BCUT2D eigenvalue weighted by atomic mass is 10.1. The van der Waals surface area contributed by atoms with Crippen molar-refractivity contribution >= 4 is 21.6 Å². The highest BCUT2D eigenvalue weighted by Gasteiger charge is 2.17. The molecule has 0 atom stereocenters. The third-order valence-electron chi connectivity index (χ3n) is 3.86. The van der Waals surface area contributed by atoms with Crippen LogP contribution < -0.4 is 10.0 Å². The molecule has 1 amide bonds. The van der Waals surface area contributed by atoms with Crippen LogP contribution in [0.2, 0.25) is 0 Å². The van der Waals surface area contributed by atoms with E-state index in [2.05, 4.69) is 15.2 Å². The molecule has 0 radical (unpaired) electrons. The van der Waals surface area contributed by atoms with Gasteiger partial charge in [0.05, 0.1) is 22.7 Å². The Kier molecular flexibility index (Phi) is 5.15. The van der Waals surface area contributed by atoms with Gasteiger partial charge in [0.2, 0.25) is 15.9 Å². The molecule has 0 aliphatic carbocycles. The summed E-state index contributed by atoms with van der Waals surface area (Å²) >= 11 is 0. The van der Waals surface area contributed by atoms with Crippen molar-refractivity contribution in [3.63, 3.8) is 0 Å². The molecule has 8 nitrogen and oxygen atoms in total. The molecule has 2 N–H and O–H groups in total. The van der Waals surface area contributed by atoms with Crippen LogP contribution in [0, 0.1) is 13.8 Å². The largest absolute Gasteiger partial charge is 0.459 e. The van der Waals surface area contributed by atoms with Crippen molar-refractivity contribution in [2.75, 3.05) is 5.32 Å². The number of rotatable bonds is 6. The summed E-state index contributed by atoms with van der Waals surface area (Å²) < 4.78 is 38.2. The molecule has 142 valence electrons. The first-order valence-electron chi connectivity index (χ1n) is 8.15. The lowest BCUT2D eigenvalue weighted by Gasteiger charge is -2.07. The maximum absolute atomic E-state index is 12.4. The third-order valence-corrected chi connectivity index (χ3v) is 5.28. The van der Waals surface area contributed by atoms with Gasteiger partial charge in [-0.3, -0.25) is 4.79 Å². The average molecular weight is 389 g/mol. The highest BCUT2D eigenvalue weighted by Crippen LogP contribution is 2.28. The zero-order valence-corrected chi connectivity index (χ0v) is 15.9. The number of nitrogens with one attached hydrogen (secondary N) is 2. The van der Waals surface area contributed by atoms with Crippen molar-refractivity contribution in [3.05, 3.63) is 53.6 Å². The van der Waals surface area contributed by atoms with E-state index in [-0.39, 0.29) is 17.3 Å². The summed E-state index contributed by atoms with van der Waals surface area (Å²) in [6, 6.07) is 9.34. The molecule has 0 saturated heterocycles. The first-order valence-corrected chi connectivity index (χ1v) is 9.64. The van der Waals surface area contributed by atoms with E-state index in [1.54, 1.807) is 26.0 Å². The molecule has 0 saturated carbocycles. The Morgan fingerprint density at radius 2 is 1.81 bits per heavy atom. The second-order valence-corrected chi connectivity index (χ2v) is 7.76. The zero-order chi connectivity index (χ0) is 19.6. The van der Waals surface area contributed by atoms with Crippen LogP contribution >= 0.6 is 0 Å². The topological polar surface area (TPSA) is 114 Å². The first kappa shape index (κ1) is 18.9. The van der Waals surface area contributed by atoms with Gasteiger partial charge < -0.3 is 14.3 Å². The fourth-order valence-electron chi connectivity index (χ4n) is 2.61. The molecule has 27 heavy (non-hydrogen) atoms. The van der Waals surface area contributed by atoms with Crippen LogP contribution in [0.3, 0.4) is 0 Å². The van der Waals surface area contributed by atoms with Gasteiger partial charge in [0.1, 0.15) is 17.3 Å². The predicted molar refractivity (Wildman–Crippen MR) is 98.5 cm³/mol. The quantitative estimate of drug-likeness (QED) is 0.670. The van der Waals surface area contributed by atoms with E-state index in [9.17, 15) is 13.2 Å². The molecule has 9 heteroatoms.